The van der Waals surface area contributed by atoms with Gasteiger partial charge in [0.2, 0.25) is 0 Å². The van der Waals surface area contributed by atoms with Crippen molar-refractivity contribution in [2.45, 2.75) is 0 Å². The Morgan fingerprint density at radius 3 is 3.18 bits per heavy atom. The summed E-state index contributed by atoms with van der Waals surface area (Å²) in [6.45, 7) is 0. The summed E-state index contributed by atoms with van der Waals surface area (Å²) in [7, 11) is 0. The molecule has 0 fully saturated rings. The molecular weight excluding hydrogens is 160 g/mol. The molecule has 0 aliphatic rings. The normalized spacial score (nSPS) is 10.5. The van der Waals surface area contributed by atoms with Crippen molar-refractivity contribution in [3.05, 3.63) is 27.9 Å². The van der Waals surface area contributed by atoms with E-state index in [9.17, 15) is 4.79 Å². The molecule has 0 bridgehead atoms. The van der Waals surface area contributed by atoms with Gasteiger partial charge in [0, 0.05) is 6.07 Å². The van der Waals surface area contributed by atoms with Crippen LogP contribution in [0.15, 0.2) is 22.3 Å². The molecule has 2 rings (SSSR count). The average Bonchev–Trinajstić information content (AvgIpc) is 2.34. The Hall–Kier alpha value is -1.29. The lowest BCUT2D eigenvalue weighted by molar-refractivity contribution is 1.32. The molecular formula is C7H6N2OS. The number of aromatic amines is 1. The van der Waals surface area contributed by atoms with E-state index in [1.54, 1.807) is 0 Å². The fraction of sp³-hybridized carbons (Fsp3) is 0. The van der Waals surface area contributed by atoms with Crippen molar-refractivity contribution < 1.29 is 0 Å². The summed E-state index contributed by atoms with van der Waals surface area (Å²) in [4.78, 5) is 13.6. The van der Waals surface area contributed by atoms with Gasteiger partial charge < -0.3 is 10.7 Å². The number of nitrogens with two attached hydrogens (primary N) is 1. The monoisotopic (exact) mass is 166 g/mol. The van der Waals surface area contributed by atoms with Crippen LogP contribution < -0.4 is 11.3 Å². The van der Waals surface area contributed by atoms with Gasteiger partial charge in [0.05, 0.1) is 15.9 Å². The minimum Gasteiger partial charge on any atom is -0.397 e. The van der Waals surface area contributed by atoms with Gasteiger partial charge in [0.1, 0.15) is 0 Å². The van der Waals surface area contributed by atoms with Gasteiger partial charge in [-0.25, -0.2) is 0 Å². The number of hydrogen-bond donors (Lipinski definition) is 2. The summed E-state index contributed by atoms with van der Waals surface area (Å²) in [5.74, 6) is 0. The molecule has 2 aromatic heterocycles. The van der Waals surface area contributed by atoms with E-state index in [2.05, 4.69) is 4.98 Å². The first-order chi connectivity index (χ1) is 5.27. The largest absolute Gasteiger partial charge is 0.397 e. The zero-order valence-electron chi connectivity index (χ0n) is 5.63. The number of nitrogens with one attached hydrogen (secondary N) is 1. The van der Waals surface area contributed by atoms with Gasteiger partial charge in [0.15, 0.2) is 0 Å². The van der Waals surface area contributed by atoms with E-state index in [1.807, 2.05) is 11.4 Å². The van der Waals surface area contributed by atoms with E-state index in [0.29, 0.717) is 5.69 Å². The Labute approximate surface area is 66.5 Å². The fourth-order valence-corrected chi connectivity index (χ4v) is 1.79. The molecule has 0 amide bonds. The fourth-order valence-electron chi connectivity index (χ4n) is 1.01. The third-order valence-corrected chi connectivity index (χ3v) is 2.44. The van der Waals surface area contributed by atoms with Gasteiger partial charge in [-0.1, -0.05) is 0 Å². The first kappa shape index (κ1) is 6.42. The number of fused-ring (bicyclic) bond motifs is 1. The Morgan fingerprint density at radius 1 is 1.55 bits per heavy atom. The Balaban J connectivity index is 3.02. The summed E-state index contributed by atoms with van der Waals surface area (Å²) < 4.78 is 0.949. The first-order valence-corrected chi connectivity index (χ1v) is 4.01. The van der Waals surface area contributed by atoms with Gasteiger partial charge >= 0.3 is 0 Å². The van der Waals surface area contributed by atoms with E-state index < -0.39 is 0 Å². The number of pyridine rings is 1. The second-order valence-corrected chi connectivity index (χ2v) is 3.17. The maximum Gasteiger partial charge on any atom is 0.250 e. The van der Waals surface area contributed by atoms with Crippen LogP contribution in [0.3, 0.4) is 0 Å². The van der Waals surface area contributed by atoms with Crippen LogP contribution >= 0.6 is 11.3 Å². The minimum atomic E-state index is -0.145. The Kier molecular flexibility index (Phi) is 1.22. The summed E-state index contributed by atoms with van der Waals surface area (Å²) >= 11 is 1.53. The number of hydrogen-bond acceptors (Lipinski definition) is 3. The smallest absolute Gasteiger partial charge is 0.250 e. The van der Waals surface area contributed by atoms with Gasteiger partial charge in [-0.05, 0) is 11.4 Å². The molecule has 0 atom stereocenters. The molecule has 2 heterocycles. The molecule has 3 N–H and O–H groups in total. The zero-order chi connectivity index (χ0) is 7.84. The average molecular weight is 166 g/mol. The Bertz CT molecular complexity index is 443. The molecule has 56 valence electrons. The van der Waals surface area contributed by atoms with Crippen molar-refractivity contribution in [3.8, 4) is 0 Å². The second-order valence-electron chi connectivity index (χ2n) is 2.25. The molecule has 2 aromatic rings. The summed E-state index contributed by atoms with van der Waals surface area (Å²) in [5, 5.41) is 1.90. The van der Waals surface area contributed by atoms with Crippen molar-refractivity contribution in [1.82, 2.24) is 4.98 Å². The molecule has 0 aliphatic heterocycles. The highest BCUT2D eigenvalue weighted by atomic mass is 32.1. The molecule has 11 heavy (non-hydrogen) atoms. The number of anilines is 1. The highest BCUT2D eigenvalue weighted by Crippen LogP contribution is 2.22. The topological polar surface area (TPSA) is 58.9 Å². The third-order valence-electron chi connectivity index (χ3n) is 1.47. The van der Waals surface area contributed by atoms with Crippen LogP contribution in [-0.2, 0) is 0 Å². The van der Waals surface area contributed by atoms with Crippen LogP contribution in [0.4, 0.5) is 5.69 Å². The Morgan fingerprint density at radius 2 is 2.36 bits per heavy atom. The predicted octanol–water partition coefficient (Wildman–Crippen LogP) is 1.17. The van der Waals surface area contributed by atoms with Gasteiger partial charge in [-0.3, -0.25) is 4.79 Å². The van der Waals surface area contributed by atoms with Gasteiger partial charge in [0.25, 0.3) is 5.56 Å². The molecule has 0 saturated heterocycles. The zero-order valence-corrected chi connectivity index (χ0v) is 6.44. The molecule has 3 nitrogen and oxygen atoms in total. The molecule has 0 aliphatic carbocycles. The van der Waals surface area contributed by atoms with Crippen LogP contribution in [0.5, 0.6) is 0 Å². The summed E-state index contributed by atoms with van der Waals surface area (Å²) in [6.07, 6.45) is 0. The molecule has 4 heteroatoms. The molecule has 0 unspecified atom stereocenters. The molecule has 0 aromatic carbocycles. The minimum absolute atomic E-state index is 0.145. The third kappa shape index (κ3) is 0.914. The van der Waals surface area contributed by atoms with E-state index in [4.69, 9.17) is 5.73 Å². The predicted molar refractivity (Wildman–Crippen MR) is 46.9 cm³/mol. The van der Waals surface area contributed by atoms with Crippen LogP contribution in [0.2, 0.25) is 0 Å². The summed E-state index contributed by atoms with van der Waals surface area (Å²) in [5.41, 5.74) is 6.82. The standard InChI is InChI=1S/C7H6N2OS/c8-4-3-6(10)9-5-1-2-11-7(4)5/h1-3H,(H3,8,9,10). The molecule has 0 saturated carbocycles. The molecule has 0 spiro atoms. The maximum atomic E-state index is 10.9. The SMILES string of the molecule is Nc1cc(=O)[nH]c2ccsc12. The van der Waals surface area contributed by atoms with E-state index in [0.717, 1.165) is 10.2 Å². The number of rotatable bonds is 0. The van der Waals surface area contributed by atoms with Crippen molar-refractivity contribution in [3.63, 3.8) is 0 Å². The second kappa shape index (κ2) is 2.10. The number of H-pyrrole nitrogens is 1. The van der Waals surface area contributed by atoms with Crippen molar-refractivity contribution in [1.29, 1.82) is 0 Å². The van der Waals surface area contributed by atoms with E-state index in [1.165, 1.54) is 17.4 Å². The highest BCUT2D eigenvalue weighted by Gasteiger charge is 1.99. The highest BCUT2D eigenvalue weighted by molar-refractivity contribution is 7.17. The van der Waals surface area contributed by atoms with Crippen molar-refractivity contribution >= 4 is 27.2 Å². The van der Waals surface area contributed by atoms with Crippen LogP contribution in [0.1, 0.15) is 0 Å². The lowest BCUT2D eigenvalue weighted by Gasteiger charge is -1.92. The van der Waals surface area contributed by atoms with Crippen LogP contribution in [-0.4, -0.2) is 4.98 Å². The van der Waals surface area contributed by atoms with Crippen molar-refractivity contribution in [2.24, 2.45) is 0 Å². The lowest BCUT2D eigenvalue weighted by Crippen LogP contribution is -2.04. The summed E-state index contributed by atoms with van der Waals surface area (Å²) in [6, 6.07) is 3.25. The first-order valence-electron chi connectivity index (χ1n) is 3.13. The van der Waals surface area contributed by atoms with E-state index in [-0.39, 0.29) is 5.56 Å². The van der Waals surface area contributed by atoms with E-state index >= 15 is 0 Å². The van der Waals surface area contributed by atoms with Gasteiger partial charge in [-0.15, -0.1) is 11.3 Å². The lowest BCUT2D eigenvalue weighted by atomic mass is 10.3. The van der Waals surface area contributed by atoms with Crippen molar-refractivity contribution in [2.75, 3.05) is 5.73 Å². The number of nitrogen functional groups attached to an aromatic ring is 1. The van der Waals surface area contributed by atoms with Crippen LogP contribution in [0.25, 0.3) is 10.2 Å². The number of aromatic nitrogens is 1. The maximum absolute atomic E-state index is 10.9. The number of thiophene rings is 1. The van der Waals surface area contributed by atoms with Crippen LogP contribution in [0, 0.1) is 0 Å². The quantitative estimate of drug-likeness (QED) is 0.617. The van der Waals surface area contributed by atoms with Gasteiger partial charge in [-0.2, -0.15) is 0 Å². The molecule has 0 radical (unpaired) electrons.